The van der Waals surface area contributed by atoms with Crippen molar-refractivity contribution in [3.8, 4) is 0 Å². The summed E-state index contributed by atoms with van der Waals surface area (Å²) in [5, 5.41) is 0. The molecule has 25 heavy (non-hydrogen) atoms. The zero-order valence-electron chi connectivity index (χ0n) is 14.7. The number of hydrogen-bond acceptors (Lipinski definition) is 3. The molecule has 6 heteroatoms. The molecule has 1 aromatic carbocycles. The van der Waals surface area contributed by atoms with E-state index in [1.807, 2.05) is 0 Å². The second-order valence-electron chi connectivity index (χ2n) is 7.69. The van der Waals surface area contributed by atoms with Crippen LogP contribution in [0.25, 0.3) is 0 Å². The number of carbonyl (C=O) groups excluding carboxylic acids is 1. The Bertz CT molecular complexity index is 773. The molecule has 0 bridgehead atoms. The quantitative estimate of drug-likeness (QED) is 0.826. The van der Waals surface area contributed by atoms with Crippen molar-refractivity contribution in [2.24, 2.45) is 5.92 Å². The Labute approximate surface area is 150 Å². The van der Waals surface area contributed by atoms with Crippen molar-refractivity contribution >= 4 is 15.9 Å². The van der Waals surface area contributed by atoms with Crippen LogP contribution in [0.3, 0.4) is 0 Å². The Morgan fingerprint density at radius 3 is 2.64 bits per heavy atom. The molecule has 1 saturated carbocycles. The Kier molecular flexibility index (Phi) is 4.36. The standard InChI is InChI=1S/C19H26N2O3S/c1-25(23,24)20-12-4-6-15(13-20)19(22)21(16-9-10-16)18-11-8-14-5-2-3-7-17(14)18/h2-3,5,7,15-16,18H,4,6,8-13H2,1H3/t15-,18+/m0/s1. The summed E-state index contributed by atoms with van der Waals surface area (Å²) >= 11 is 0. The third kappa shape index (κ3) is 3.34. The van der Waals surface area contributed by atoms with Crippen LogP contribution in [0.1, 0.15) is 49.3 Å². The second kappa shape index (κ2) is 6.40. The maximum absolute atomic E-state index is 13.4. The fraction of sp³-hybridized carbons (Fsp3) is 0.632. The van der Waals surface area contributed by atoms with Crippen molar-refractivity contribution in [1.29, 1.82) is 0 Å². The zero-order valence-corrected chi connectivity index (χ0v) is 15.5. The van der Waals surface area contributed by atoms with Gasteiger partial charge in [0.25, 0.3) is 0 Å². The molecule has 1 amide bonds. The summed E-state index contributed by atoms with van der Waals surface area (Å²) in [7, 11) is -3.23. The van der Waals surface area contributed by atoms with Crippen LogP contribution in [0, 0.1) is 5.92 Å². The molecule has 2 atom stereocenters. The lowest BCUT2D eigenvalue weighted by Gasteiger charge is -2.37. The van der Waals surface area contributed by atoms with Gasteiger partial charge in [-0.2, -0.15) is 0 Å². The average Bonchev–Trinajstić information content (AvgIpc) is 3.34. The zero-order chi connectivity index (χ0) is 17.6. The van der Waals surface area contributed by atoms with Gasteiger partial charge in [-0.1, -0.05) is 24.3 Å². The van der Waals surface area contributed by atoms with Gasteiger partial charge in [-0.25, -0.2) is 12.7 Å². The molecule has 1 aliphatic heterocycles. The number of hydrogen-bond donors (Lipinski definition) is 0. The van der Waals surface area contributed by atoms with E-state index in [0.717, 1.165) is 38.5 Å². The third-order valence-corrected chi connectivity index (χ3v) is 7.10. The Balaban J connectivity index is 1.57. The average molecular weight is 362 g/mol. The lowest BCUT2D eigenvalue weighted by atomic mass is 9.96. The van der Waals surface area contributed by atoms with E-state index in [1.165, 1.54) is 21.7 Å². The predicted octanol–water partition coefficient (Wildman–Crippen LogP) is 2.34. The number of piperidine rings is 1. The summed E-state index contributed by atoms with van der Waals surface area (Å²) in [6, 6.07) is 8.95. The number of sulfonamides is 1. The molecule has 0 radical (unpaired) electrons. The molecule has 136 valence electrons. The van der Waals surface area contributed by atoms with Gasteiger partial charge in [0, 0.05) is 19.1 Å². The van der Waals surface area contributed by atoms with Gasteiger partial charge in [0.2, 0.25) is 15.9 Å². The summed E-state index contributed by atoms with van der Waals surface area (Å²) in [5.41, 5.74) is 2.64. The van der Waals surface area contributed by atoms with Gasteiger partial charge in [-0.05, 0) is 49.7 Å². The van der Waals surface area contributed by atoms with Crippen molar-refractivity contribution in [1.82, 2.24) is 9.21 Å². The minimum absolute atomic E-state index is 0.164. The SMILES string of the molecule is CS(=O)(=O)N1CCC[C@H](C(=O)N(C2CC2)[C@@H]2CCc3ccccc32)C1. The molecule has 0 N–H and O–H groups in total. The highest BCUT2D eigenvalue weighted by atomic mass is 32.2. The molecule has 1 aromatic rings. The van der Waals surface area contributed by atoms with E-state index in [0.29, 0.717) is 19.1 Å². The molecule has 5 nitrogen and oxygen atoms in total. The molecule has 2 fully saturated rings. The first-order chi connectivity index (χ1) is 11.9. The first-order valence-corrected chi connectivity index (χ1v) is 11.1. The molecular formula is C19H26N2O3S. The highest BCUT2D eigenvalue weighted by Gasteiger charge is 2.43. The van der Waals surface area contributed by atoms with E-state index in [1.54, 1.807) is 0 Å². The van der Waals surface area contributed by atoms with Crippen molar-refractivity contribution in [3.05, 3.63) is 35.4 Å². The molecular weight excluding hydrogens is 336 g/mol. The maximum Gasteiger partial charge on any atom is 0.227 e. The van der Waals surface area contributed by atoms with Gasteiger partial charge >= 0.3 is 0 Å². The number of fused-ring (bicyclic) bond motifs is 1. The minimum atomic E-state index is -3.23. The minimum Gasteiger partial charge on any atom is -0.332 e. The van der Waals surface area contributed by atoms with Crippen molar-refractivity contribution < 1.29 is 13.2 Å². The smallest absolute Gasteiger partial charge is 0.227 e. The van der Waals surface area contributed by atoms with E-state index in [9.17, 15) is 13.2 Å². The number of aryl methyl sites for hydroxylation is 1. The molecule has 0 unspecified atom stereocenters. The van der Waals surface area contributed by atoms with Crippen molar-refractivity contribution in [2.75, 3.05) is 19.3 Å². The van der Waals surface area contributed by atoms with Crippen LogP contribution in [0.15, 0.2) is 24.3 Å². The fourth-order valence-corrected chi connectivity index (χ4v) is 5.33. The molecule has 2 aliphatic carbocycles. The van der Waals surface area contributed by atoms with Gasteiger partial charge in [0.1, 0.15) is 0 Å². The number of carbonyl (C=O) groups is 1. The van der Waals surface area contributed by atoms with Gasteiger partial charge < -0.3 is 4.90 Å². The summed E-state index contributed by atoms with van der Waals surface area (Å²) < 4.78 is 25.3. The number of benzene rings is 1. The maximum atomic E-state index is 13.4. The van der Waals surface area contributed by atoms with Crippen LogP contribution >= 0.6 is 0 Å². The molecule has 0 spiro atoms. The summed E-state index contributed by atoms with van der Waals surface area (Å²) in [6.07, 6.45) is 6.97. The largest absolute Gasteiger partial charge is 0.332 e. The van der Waals surface area contributed by atoms with Gasteiger partial charge in [0.15, 0.2) is 0 Å². The van der Waals surface area contributed by atoms with Crippen LogP contribution in [0.4, 0.5) is 0 Å². The summed E-state index contributed by atoms with van der Waals surface area (Å²) in [6.45, 7) is 0.882. The van der Waals surface area contributed by atoms with Crippen LogP contribution in [0.5, 0.6) is 0 Å². The van der Waals surface area contributed by atoms with Gasteiger partial charge in [0.05, 0.1) is 18.2 Å². The second-order valence-corrected chi connectivity index (χ2v) is 9.67. The van der Waals surface area contributed by atoms with Crippen LogP contribution in [-0.4, -0.2) is 48.9 Å². The first kappa shape index (κ1) is 17.0. The van der Waals surface area contributed by atoms with Crippen LogP contribution in [0.2, 0.25) is 0 Å². The number of nitrogens with zero attached hydrogens (tertiary/aromatic N) is 2. The van der Waals surface area contributed by atoms with Crippen LogP contribution in [-0.2, 0) is 21.2 Å². The lowest BCUT2D eigenvalue weighted by Crippen LogP contribution is -2.47. The monoisotopic (exact) mass is 362 g/mol. The fourth-order valence-electron chi connectivity index (χ4n) is 4.42. The molecule has 1 heterocycles. The number of amides is 1. The number of rotatable bonds is 4. The van der Waals surface area contributed by atoms with E-state index < -0.39 is 10.0 Å². The van der Waals surface area contributed by atoms with E-state index in [4.69, 9.17) is 0 Å². The molecule has 1 saturated heterocycles. The summed E-state index contributed by atoms with van der Waals surface area (Å²) in [4.78, 5) is 15.5. The third-order valence-electron chi connectivity index (χ3n) is 5.83. The Morgan fingerprint density at radius 1 is 1.16 bits per heavy atom. The van der Waals surface area contributed by atoms with Crippen LogP contribution < -0.4 is 0 Å². The normalized spacial score (nSPS) is 27.1. The topological polar surface area (TPSA) is 57.7 Å². The molecule has 0 aromatic heterocycles. The van der Waals surface area contributed by atoms with E-state index >= 15 is 0 Å². The molecule has 3 aliphatic rings. The Hall–Kier alpha value is -1.40. The predicted molar refractivity (Wildman–Crippen MR) is 96.5 cm³/mol. The van der Waals surface area contributed by atoms with E-state index in [-0.39, 0.29) is 17.9 Å². The summed E-state index contributed by atoms with van der Waals surface area (Å²) in [5.74, 6) is -0.0330. The van der Waals surface area contributed by atoms with Gasteiger partial charge in [-0.3, -0.25) is 4.79 Å². The van der Waals surface area contributed by atoms with Crippen molar-refractivity contribution in [3.63, 3.8) is 0 Å². The lowest BCUT2D eigenvalue weighted by molar-refractivity contribution is -0.140. The first-order valence-electron chi connectivity index (χ1n) is 9.30. The van der Waals surface area contributed by atoms with Crippen molar-refractivity contribution in [2.45, 2.75) is 50.6 Å². The van der Waals surface area contributed by atoms with Gasteiger partial charge in [-0.15, -0.1) is 0 Å². The highest BCUT2D eigenvalue weighted by Crippen LogP contribution is 2.43. The van der Waals surface area contributed by atoms with E-state index in [2.05, 4.69) is 29.2 Å². The Morgan fingerprint density at radius 2 is 1.92 bits per heavy atom. The molecule has 4 rings (SSSR count). The highest BCUT2D eigenvalue weighted by molar-refractivity contribution is 7.88.